The van der Waals surface area contributed by atoms with E-state index in [1.54, 1.807) is 27.7 Å². The molecule has 0 radical (unpaired) electrons. The Kier molecular flexibility index (Phi) is 5.18. The third kappa shape index (κ3) is 4.49. The fourth-order valence-corrected chi connectivity index (χ4v) is 2.58. The summed E-state index contributed by atoms with van der Waals surface area (Å²) >= 11 is -1.40. The molecular formula is C13H20F3N3OS. The molecule has 0 aliphatic rings. The lowest BCUT2D eigenvalue weighted by Crippen LogP contribution is -2.40. The Morgan fingerprint density at radius 3 is 2.29 bits per heavy atom. The summed E-state index contributed by atoms with van der Waals surface area (Å²) in [5.41, 5.74) is 4.79. The fraction of sp³-hybridized carbons (Fsp3) is 0.615. The SMILES string of the molecule is Cc1c([C@@H](C)N[S+]([O-])C(C)(C)C)cc(N)nc1C(F)(F)F. The molecule has 1 aromatic rings. The Morgan fingerprint density at radius 1 is 1.33 bits per heavy atom. The van der Waals surface area contributed by atoms with Crippen LogP contribution in [0.3, 0.4) is 0 Å². The molecule has 0 amide bonds. The van der Waals surface area contributed by atoms with E-state index in [4.69, 9.17) is 5.73 Å². The normalized spacial score (nSPS) is 15.9. The Bertz CT molecular complexity index is 515. The smallest absolute Gasteiger partial charge is 0.433 e. The van der Waals surface area contributed by atoms with Gasteiger partial charge in [-0.3, -0.25) is 0 Å². The minimum Gasteiger partial charge on any atom is -0.598 e. The highest BCUT2D eigenvalue weighted by Crippen LogP contribution is 2.34. The standard InChI is InChI=1S/C13H20F3N3OS/c1-7-9(8(2)19-21(20)12(3,4)5)6-10(17)18-11(7)13(14,15)16/h6,8,19H,1-5H3,(H2,17,18)/t8-,21?/m1/s1. The molecule has 1 aromatic heterocycles. The van der Waals surface area contributed by atoms with Crippen molar-refractivity contribution in [2.24, 2.45) is 0 Å². The van der Waals surface area contributed by atoms with Crippen LogP contribution in [0.4, 0.5) is 19.0 Å². The number of rotatable bonds is 3. The number of hydrogen-bond acceptors (Lipinski definition) is 4. The summed E-state index contributed by atoms with van der Waals surface area (Å²) in [7, 11) is 0. The van der Waals surface area contributed by atoms with E-state index >= 15 is 0 Å². The van der Waals surface area contributed by atoms with E-state index in [1.807, 2.05) is 0 Å². The van der Waals surface area contributed by atoms with Crippen molar-refractivity contribution in [1.29, 1.82) is 0 Å². The fourth-order valence-electron chi connectivity index (χ4n) is 1.78. The highest BCUT2D eigenvalue weighted by Gasteiger charge is 2.37. The van der Waals surface area contributed by atoms with Gasteiger partial charge in [0.05, 0.1) is 6.04 Å². The predicted molar refractivity (Wildman–Crippen MR) is 77.8 cm³/mol. The number of nitrogens with zero attached hydrogens (tertiary/aromatic N) is 1. The van der Waals surface area contributed by atoms with Crippen molar-refractivity contribution < 1.29 is 17.7 Å². The van der Waals surface area contributed by atoms with Gasteiger partial charge >= 0.3 is 6.18 Å². The van der Waals surface area contributed by atoms with Crippen LogP contribution in [0.15, 0.2) is 6.07 Å². The summed E-state index contributed by atoms with van der Waals surface area (Å²) in [6.07, 6.45) is -4.57. The first-order valence-corrected chi connectivity index (χ1v) is 7.51. The lowest BCUT2D eigenvalue weighted by Gasteiger charge is -2.27. The molecule has 1 rings (SSSR count). The van der Waals surface area contributed by atoms with E-state index in [0.717, 1.165) is 0 Å². The zero-order chi connectivity index (χ0) is 16.6. The van der Waals surface area contributed by atoms with E-state index in [1.165, 1.54) is 13.0 Å². The van der Waals surface area contributed by atoms with Gasteiger partial charge in [-0.1, -0.05) is 0 Å². The van der Waals surface area contributed by atoms with Crippen LogP contribution in [0.25, 0.3) is 0 Å². The van der Waals surface area contributed by atoms with E-state index in [0.29, 0.717) is 5.56 Å². The van der Waals surface area contributed by atoms with Crippen LogP contribution in [0, 0.1) is 6.92 Å². The number of halogens is 3. The van der Waals surface area contributed by atoms with Crippen molar-refractivity contribution in [3.8, 4) is 0 Å². The second-order valence-corrected chi connectivity index (χ2v) is 7.83. The molecule has 0 spiro atoms. The van der Waals surface area contributed by atoms with Gasteiger partial charge in [0.25, 0.3) is 0 Å². The summed E-state index contributed by atoms with van der Waals surface area (Å²) in [6.45, 7) is 8.31. The predicted octanol–water partition coefficient (Wildman–Crippen LogP) is 3.10. The first-order chi connectivity index (χ1) is 9.34. The highest BCUT2D eigenvalue weighted by atomic mass is 32.2. The van der Waals surface area contributed by atoms with Gasteiger partial charge in [0.1, 0.15) is 16.3 Å². The van der Waals surface area contributed by atoms with Crippen LogP contribution in [-0.2, 0) is 17.5 Å². The zero-order valence-electron chi connectivity index (χ0n) is 12.6. The van der Waals surface area contributed by atoms with Crippen LogP contribution < -0.4 is 10.5 Å². The van der Waals surface area contributed by atoms with Gasteiger partial charge < -0.3 is 10.3 Å². The summed E-state index contributed by atoms with van der Waals surface area (Å²) < 4.78 is 53.1. The molecule has 4 nitrogen and oxygen atoms in total. The number of nitrogens with two attached hydrogens (primary N) is 1. The Morgan fingerprint density at radius 2 is 1.86 bits per heavy atom. The maximum absolute atomic E-state index is 12.9. The topological polar surface area (TPSA) is 74.0 Å². The van der Waals surface area contributed by atoms with E-state index in [-0.39, 0.29) is 11.4 Å². The molecular weight excluding hydrogens is 303 g/mol. The third-order valence-electron chi connectivity index (χ3n) is 2.91. The monoisotopic (exact) mass is 323 g/mol. The van der Waals surface area contributed by atoms with Crippen LogP contribution >= 0.6 is 0 Å². The lowest BCUT2D eigenvalue weighted by molar-refractivity contribution is -0.141. The summed E-state index contributed by atoms with van der Waals surface area (Å²) in [6, 6.07) is 0.832. The minimum absolute atomic E-state index is 0.0115. The Balaban J connectivity index is 3.16. The number of nitrogens with one attached hydrogen (secondary N) is 1. The first-order valence-electron chi connectivity index (χ1n) is 6.36. The quantitative estimate of drug-likeness (QED) is 0.838. The molecule has 8 heteroatoms. The second kappa shape index (κ2) is 6.02. The van der Waals surface area contributed by atoms with Crippen molar-refractivity contribution in [3.63, 3.8) is 0 Å². The number of hydrogen-bond donors (Lipinski definition) is 2. The summed E-state index contributed by atoms with van der Waals surface area (Å²) in [5, 5.41) is 0. The number of anilines is 1. The third-order valence-corrected chi connectivity index (χ3v) is 4.59. The van der Waals surface area contributed by atoms with Crippen molar-refractivity contribution in [2.75, 3.05) is 5.73 Å². The van der Waals surface area contributed by atoms with Crippen LogP contribution in [0.5, 0.6) is 0 Å². The molecule has 0 saturated carbocycles. The van der Waals surface area contributed by atoms with E-state index in [9.17, 15) is 17.7 Å². The molecule has 120 valence electrons. The molecule has 0 fully saturated rings. The molecule has 0 saturated heterocycles. The average molecular weight is 323 g/mol. The highest BCUT2D eigenvalue weighted by molar-refractivity contribution is 7.90. The van der Waals surface area contributed by atoms with E-state index in [2.05, 4.69) is 9.71 Å². The number of pyridine rings is 1. The summed E-state index contributed by atoms with van der Waals surface area (Å²) in [4.78, 5) is 3.36. The lowest BCUT2D eigenvalue weighted by atomic mass is 10.0. The van der Waals surface area contributed by atoms with Gasteiger partial charge in [-0.15, -0.1) is 4.72 Å². The van der Waals surface area contributed by atoms with Gasteiger partial charge in [-0.2, -0.15) is 13.2 Å². The average Bonchev–Trinajstić information content (AvgIpc) is 2.28. The van der Waals surface area contributed by atoms with E-state index < -0.39 is 34.0 Å². The van der Waals surface area contributed by atoms with Crippen LogP contribution in [0.2, 0.25) is 0 Å². The van der Waals surface area contributed by atoms with Crippen molar-refractivity contribution in [3.05, 3.63) is 22.9 Å². The number of alkyl halides is 3. The first kappa shape index (κ1) is 18.1. The van der Waals surface area contributed by atoms with Crippen molar-refractivity contribution in [1.82, 2.24) is 9.71 Å². The van der Waals surface area contributed by atoms with Crippen LogP contribution in [0.1, 0.15) is 50.6 Å². The summed E-state index contributed by atoms with van der Waals surface area (Å²) in [5.74, 6) is -0.210. The Hall–Kier alpha value is -0.990. The minimum atomic E-state index is -4.57. The molecule has 3 N–H and O–H groups in total. The molecule has 2 atom stereocenters. The maximum Gasteiger partial charge on any atom is 0.433 e. The molecule has 0 aliphatic heterocycles. The zero-order valence-corrected chi connectivity index (χ0v) is 13.4. The van der Waals surface area contributed by atoms with Gasteiger partial charge in [-0.25, -0.2) is 4.98 Å². The van der Waals surface area contributed by atoms with Crippen LogP contribution in [-0.4, -0.2) is 14.3 Å². The second-order valence-electron chi connectivity index (χ2n) is 5.83. The molecule has 0 aliphatic carbocycles. The van der Waals surface area contributed by atoms with Gasteiger partial charge in [0.2, 0.25) is 0 Å². The van der Waals surface area contributed by atoms with Crippen molar-refractivity contribution >= 4 is 17.2 Å². The molecule has 1 heterocycles. The Labute approximate surface area is 125 Å². The van der Waals surface area contributed by atoms with Gasteiger partial charge in [0, 0.05) is 11.4 Å². The largest absolute Gasteiger partial charge is 0.598 e. The maximum atomic E-state index is 12.9. The number of aromatic nitrogens is 1. The number of nitrogen functional groups attached to an aromatic ring is 1. The molecule has 1 unspecified atom stereocenters. The molecule has 0 bridgehead atoms. The van der Waals surface area contributed by atoms with Gasteiger partial charge in [0.15, 0.2) is 0 Å². The van der Waals surface area contributed by atoms with Gasteiger partial charge in [-0.05, 0) is 51.8 Å². The molecule has 21 heavy (non-hydrogen) atoms. The molecule has 0 aromatic carbocycles. The van der Waals surface area contributed by atoms with Crippen molar-refractivity contribution in [2.45, 2.75) is 51.6 Å².